The molecule has 0 amide bonds. The molecule has 12 heavy (non-hydrogen) atoms. The molecule has 0 aromatic heterocycles. The molecule has 1 aromatic rings. The van der Waals surface area contributed by atoms with E-state index in [0.29, 0.717) is 5.92 Å². The molecule has 0 saturated heterocycles. The molecule has 0 aliphatic heterocycles. The maximum atomic E-state index is 5.13. The summed E-state index contributed by atoms with van der Waals surface area (Å²) in [4.78, 5) is 0. The number of hydrogen-bond acceptors (Lipinski definition) is 1. The van der Waals surface area contributed by atoms with Crippen LogP contribution in [0.2, 0.25) is 0 Å². The molecule has 0 spiro atoms. The van der Waals surface area contributed by atoms with Gasteiger partial charge in [-0.1, -0.05) is 19.9 Å². The van der Waals surface area contributed by atoms with Crippen LogP contribution in [-0.2, 0) is 0 Å². The van der Waals surface area contributed by atoms with E-state index in [2.05, 4.69) is 32.9 Å². The summed E-state index contributed by atoms with van der Waals surface area (Å²) in [5.41, 5.74) is 2.70. The largest absolute Gasteiger partial charge is 0.428 e. The molecule has 2 heteroatoms. The van der Waals surface area contributed by atoms with Gasteiger partial charge in [-0.2, -0.15) is 0 Å². The zero-order valence-electron chi connectivity index (χ0n) is 7.60. The Bertz CT molecular complexity index is 269. The minimum Gasteiger partial charge on any atom is -0.428 e. The molecule has 0 aliphatic rings. The van der Waals surface area contributed by atoms with Crippen molar-refractivity contribution in [3.8, 4) is 5.75 Å². The van der Waals surface area contributed by atoms with Crippen molar-refractivity contribution in [3.63, 3.8) is 0 Å². The summed E-state index contributed by atoms with van der Waals surface area (Å²) in [6.45, 7) is 6.52. The van der Waals surface area contributed by atoms with E-state index >= 15 is 0 Å². The van der Waals surface area contributed by atoms with Gasteiger partial charge in [-0.25, -0.2) is 0 Å². The minimum absolute atomic E-state index is 0.566. The SMILES string of the molecule is Cc1ccc(OI)cc1C(C)C. The van der Waals surface area contributed by atoms with E-state index in [9.17, 15) is 0 Å². The van der Waals surface area contributed by atoms with Crippen LogP contribution in [0.25, 0.3) is 0 Å². The van der Waals surface area contributed by atoms with Crippen molar-refractivity contribution >= 4 is 23.0 Å². The third-order valence-corrected chi connectivity index (χ3v) is 2.47. The van der Waals surface area contributed by atoms with Crippen LogP contribution >= 0.6 is 23.0 Å². The first-order valence-corrected chi connectivity index (χ1v) is 4.92. The summed E-state index contributed by atoms with van der Waals surface area (Å²) in [7, 11) is 0. The normalized spacial score (nSPS) is 10.4. The van der Waals surface area contributed by atoms with Crippen LogP contribution in [0.5, 0.6) is 5.75 Å². The maximum absolute atomic E-state index is 5.13. The molecule has 1 aromatic carbocycles. The molecule has 1 nitrogen and oxygen atoms in total. The van der Waals surface area contributed by atoms with Gasteiger partial charge in [0.1, 0.15) is 5.75 Å². The highest BCUT2D eigenvalue weighted by atomic mass is 127. The van der Waals surface area contributed by atoms with E-state index in [1.54, 1.807) is 0 Å². The van der Waals surface area contributed by atoms with Gasteiger partial charge < -0.3 is 3.07 Å². The van der Waals surface area contributed by atoms with Crippen LogP contribution in [-0.4, -0.2) is 0 Å². The third kappa shape index (κ3) is 2.12. The van der Waals surface area contributed by atoms with Crippen molar-refractivity contribution in [3.05, 3.63) is 29.3 Å². The first-order valence-electron chi connectivity index (χ1n) is 4.04. The van der Waals surface area contributed by atoms with Crippen molar-refractivity contribution in [1.29, 1.82) is 0 Å². The van der Waals surface area contributed by atoms with Crippen LogP contribution in [0.15, 0.2) is 18.2 Å². The zero-order chi connectivity index (χ0) is 9.14. The monoisotopic (exact) mass is 276 g/mol. The number of rotatable bonds is 2. The van der Waals surface area contributed by atoms with Crippen molar-refractivity contribution in [2.24, 2.45) is 0 Å². The van der Waals surface area contributed by atoms with Crippen LogP contribution in [0.3, 0.4) is 0 Å². The number of hydrogen-bond donors (Lipinski definition) is 0. The van der Waals surface area contributed by atoms with Crippen LogP contribution < -0.4 is 3.07 Å². The van der Waals surface area contributed by atoms with Crippen molar-refractivity contribution in [2.75, 3.05) is 0 Å². The van der Waals surface area contributed by atoms with Gasteiger partial charge in [-0.05, 0) is 36.1 Å². The Morgan fingerprint density at radius 2 is 2.00 bits per heavy atom. The highest BCUT2D eigenvalue weighted by Crippen LogP contribution is 2.24. The first-order chi connectivity index (χ1) is 5.65. The molecule has 1 rings (SSSR count). The third-order valence-electron chi connectivity index (χ3n) is 1.96. The zero-order valence-corrected chi connectivity index (χ0v) is 9.75. The highest BCUT2D eigenvalue weighted by Gasteiger charge is 2.04. The first kappa shape index (κ1) is 9.84. The van der Waals surface area contributed by atoms with Gasteiger partial charge in [0.05, 0.1) is 0 Å². The summed E-state index contributed by atoms with van der Waals surface area (Å²) in [5, 5.41) is 0. The summed E-state index contributed by atoms with van der Waals surface area (Å²) in [6.07, 6.45) is 0. The smallest absolute Gasteiger partial charge is 0.192 e. The Labute approximate surface area is 87.8 Å². The Morgan fingerprint density at radius 1 is 1.33 bits per heavy atom. The Kier molecular flexibility index (Phi) is 3.38. The fourth-order valence-electron chi connectivity index (χ4n) is 1.29. The molecule has 0 N–H and O–H groups in total. The lowest BCUT2D eigenvalue weighted by Crippen LogP contribution is -1.91. The van der Waals surface area contributed by atoms with Crippen LogP contribution in [0.4, 0.5) is 0 Å². The molecule has 0 bridgehead atoms. The molecule has 66 valence electrons. The fourth-order valence-corrected chi connectivity index (χ4v) is 1.56. The Balaban J connectivity index is 3.08. The highest BCUT2D eigenvalue weighted by molar-refractivity contribution is 14.1. The van der Waals surface area contributed by atoms with Gasteiger partial charge in [0, 0.05) is 0 Å². The van der Waals surface area contributed by atoms with Crippen LogP contribution in [0, 0.1) is 6.92 Å². The topological polar surface area (TPSA) is 9.23 Å². The second-order valence-corrected chi connectivity index (χ2v) is 3.69. The molecule has 0 fully saturated rings. The van der Waals surface area contributed by atoms with Crippen molar-refractivity contribution in [1.82, 2.24) is 0 Å². The van der Waals surface area contributed by atoms with Crippen LogP contribution in [0.1, 0.15) is 30.9 Å². The molecule has 0 saturated carbocycles. The number of benzene rings is 1. The fraction of sp³-hybridized carbons (Fsp3) is 0.400. The standard InChI is InChI=1S/C10H13IO/c1-7(2)10-6-9(12-11)5-4-8(10)3/h4-7H,1-3H3. The predicted molar refractivity (Wildman–Crippen MR) is 59.9 cm³/mol. The van der Waals surface area contributed by atoms with Crippen molar-refractivity contribution in [2.45, 2.75) is 26.7 Å². The van der Waals surface area contributed by atoms with E-state index in [0.717, 1.165) is 5.75 Å². The molecular weight excluding hydrogens is 263 g/mol. The van der Waals surface area contributed by atoms with Gasteiger partial charge in [-0.15, -0.1) is 0 Å². The Hall–Kier alpha value is -0.250. The lowest BCUT2D eigenvalue weighted by Gasteiger charge is -2.10. The van der Waals surface area contributed by atoms with Crippen molar-refractivity contribution < 1.29 is 3.07 Å². The number of halogens is 1. The summed E-state index contributed by atoms with van der Waals surface area (Å²) in [5.74, 6) is 1.50. The average Bonchev–Trinajstić information content (AvgIpc) is 2.05. The summed E-state index contributed by atoms with van der Waals surface area (Å²) < 4.78 is 5.13. The number of aryl methyl sites for hydroxylation is 1. The van der Waals surface area contributed by atoms with E-state index < -0.39 is 0 Å². The van der Waals surface area contributed by atoms with Gasteiger partial charge in [0.2, 0.25) is 0 Å². The molecule has 0 radical (unpaired) electrons. The van der Waals surface area contributed by atoms with E-state index in [-0.39, 0.29) is 0 Å². The summed E-state index contributed by atoms with van der Waals surface area (Å²) in [6, 6.07) is 6.20. The quantitative estimate of drug-likeness (QED) is 0.745. The Morgan fingerprint density at radius 3 is 2.50 bits per heavy atom. The van der Waals surface area contributed by atoms with E-state index in [1.807, 2.05) is 29.1 Å². The van der Waals surface area contributed by atoms with Gasteiger partial charge >= 0.3 is 0 Å². The molecular formula is C10H13IO. The molecule has 0 heterocycles. The maximum Gasteiger partial charge on any atom is 0.192 e. The van der Waals surface area contributed by atoms with E-state index in [4.69, 9.17) is 3.07 Å². The lowest BCUT2D eigenvalue weighted by atomic mass is 9.98. The summed E-state index contributed by atoms with van der Waals surface area (Å²) >= 11 is 1.91. The van der Waals surface area contributed by atoms with Gasteiger partial charge in [0.15, 0.2) is 23.0 Å². The molecule has 0 atom stereocenters. The predicted octanol–water partition coefficient (Wildman–Crippen LogP) is 3.85. The minimum atomic E-state index is 0.566. The second kappa shape index (κ2) is 4.12. The van der Waals surface area contributed by atoms with Gasteiger partial charge in [-0.3, -0.25) is 0 Å². The average molecular weight is 276 g/mol. The van der Waals surface area contributed by atoms with E-state index in [1.165, 1.54) is 11.1 Å². The molecule has 0 aliphatic carbocycles. The lowest BCUT2D eigenvalue weighted by molar-refractivity contribution is 0.710. The molecule has 0 unspecified atom stereocenters. The van der Waals surface area contributed by atoms with Gasteiger partial charge in [0.25, 0.3) is 0 Å². The second-order valence-electron chi connectivity index (χ2n) is 3.25.